The standard InChI is InChI=1S/C18H15Cl2F2N5O2S/c19-11-3-6-13(14(20)7-11)16-25-26-18(27(16)23)30-9-15(28)24-8-10-1-4-12(5-2-10)29-17(21)22/h1-7,17H,8-9,23H2,(H,24,28). The molecule has 0 saturated heterocycles. The number of nitrogens with two attached hydrogens (primary N) is 1. The Morgan fingerprint density at radius 3 is 2.60 bits per heavy atom. The first-order valence-electron chi connectivity index (χ1n) is 8.42. The summed E-state index contributed by atoms with van der Waals surface area (Å²) < 4.78 is 29.8. The third-order valence-electron chi connectivity index (χ3n) is 3.81. The Labute approximate surface area is 184 Å². The predicted molar refractivity (Wildman–Crippen MR) is 111 cm³/mol. The highest BCUT2D eigenvalue weighted by Gasteiger charge is 2.16. The summed E-state index contributed by atoms with van der Waals surface area (Å²) in [6.07, 6.45) is 0. The van der Waals surface area contributed by atoms with Crippen molar-refractivity contribution in [1.29, 1.82) is 0 Å². The monoisotopic (exact) mass is 473 g/mol. The second-order valence-electron chi connectivity index (χ2n) is 5.89. The number of benzene rings is 2. The van der Waals surface area contributed by atoms with Crippen LogP contribution < -0.4 is 15.9 Å². The van der Waals surface area contributed by atoms with Crippen LogP contribution in [0.4, 0.5) is 8.78 Å². The van der Waals surface area contributed by atoms with Gasteiger partial charge in [-0.05, 0) is 35.9 Å². The lowest BCUT2D eigenvalue weighted by Gasteiger charge is -2.08. The van der Waals surface area contributed by atoms with Gasteiger partial charge in [0.1, 0.15) is 5.75 Å². The van der Waals surface area contributed by atoms with E-state index in [-0.39, 0.29) is 24.0 Å². The number of thioether (sulfide) groups is 1. The first-order chi connectivity index (χ1) is 14.3. The number of ether oxygens (including phenoxy) is 1. The summed E-state index contributed by atoms with van der Waals surface area (Å²) in [6.45, 7) is -2.65. The fourth-order valence-electron chi connectivity index (χ4n) is 2.40. The summed E-state index contributed by atoms with van der Waals surface area (Å²) in [5.41, 5.74) is 1.29. The molecule has 0 radical (unpaired) electrons. The van der Waals surface area contributed by atoms with Crippen molar-refractivity contribution in [1.82, 2.24) is 20.2 Å². The van der Waals surface area contributed by atoms with E-state index in [4.69, 9.17) is 29.0 Å². The van der Waals surface area contributed by atoms with E-state index in [2.05, 4.69) is 20.3 Å². The average molecular weight is 474 g/mol. The topological polar surface area (TPSA) is 95.1 Å². The van der Waals surface area contributed by atoms with Crippen molar-refractivity contribution in [2.24, 2.45) is 0 Å². The van der Waals surface area contributed by atoms with Gasteiger partial charge in [-0.25, -0.2) is 4.68 Å². The fraction of sp³-hybridized carbons (Fsp3) is 0.167. The zero-order valence-electron chi connectivity index (χ0n) is 15.2. The van der Waals surface area contributed by atoms with Crippen molar-refractivity contribution in [2.75, 3.05) is 11.6 Å². The molecule has 0 aliphatic rings. The van der Waals surface area contributed by atoms with Crippen LogP contribution in [0, 0.1) is 0 Å². The molecule has 12 heteroatoms. The third-order valence-corrected chi connectivity index (χ3v) is 5.30. The normalized spacial score (nSPS) is 11.0. The number of nitrogens with one attached hydrogen (secondary N) is 1. The van der Waals surface area contributed by atoms with Crippen molar-refractivity contribution in [3.05, 3.63) is 58.1 Å². The zero-order valence-corrected chi connectivity index (χ0v) is 17.5. The van der Waals surface area contributed by atoms with E-state index in [9.17, 15) is 13.6 Å². The first-order valence-corrected chi connectivity index (χ1v) is 10.2. The molecule has 0 spiro atoms. The van der Waals surface area contributed by atoms with Gasteiger partial charge >= 0.3 is 6.61 Å². The quantitative estimate of drug-likeness (QED) is 0.379. The minimum Gasteiger partial charge on any atom is -0.435 e. The van der Waals surface area contributed by atoms with Crippen LogP contribution in [0.3, 0.4) is 0 Å². The Morgan fingerprint density at radius 2 is 1.93 bits per heavy atom. The average Bonchev–Trinajstić information content (AvgIpc) is 3.06. The summed E-state index contributed by atoms with van der Waals surface area (Å²) in [5, 5.41) is 11.9. The Balaban J connectivity index is 1.53. The van der Waals surface area contributed by atoms with Gasteiger partial charge in [-0.15, -0.1) is 10.2 Å². The molecule has 158 valence electrons. The number of aromatic nitrogens is 3. The number of carbonyl (C=O) groups is 1. The molecule has 1 heterocycles. The van der Waals surface area contributed by atoms with Gasteiger partial charge in [0, 0.05) is 17.1 Å². The van der Waals surface area contributed by atoms with Gasteiger partial charge < -0.3 is 15.9 Å². The fourth-order valence-corrected chi connectivity index (χ4v) is 3.58. The number of rotatable bonds is 8. The molecule has 0 atom stereocenters. The molecule has 3 N–H and O–H groups in total. The van der Waals surface area contributed by atoms with Crippen LogP contribution in [0.25, 0.3) is 11.4 Å². The van der Waals surface area contributed by atoms with E-state index >= 15 is 0 Å². The summed E-state index contributed by atoms with van der Waals surface area (Å²) >= 11 is 13.2. The van der Waals surface area contributed by atoms with Crippen molar-refractivity contribution in [3.8, 4) is 17.1 Å². The number of hydrogen-bond donors (Lipinski definition) is 2. The molecule has 7 nitrogen and oxygen atoms in total. The van der Waals surface area contributed by atoms with Gasteiger partial charge in [0.15, 0.2) is 5.82 Å². The summed E-state index contributed by atoms with van der Waals surface area (Å²) in [4.78, 5) is 12.1. The van der Waals surface area contributed by atoms with E-state index < -0.39 is 6.61 Å². The Hall–Kier alpha value is -2.56. The predicted octanol–water partition coefficient (Wildman–Crippen LogP) is 3.98. The SMILES string of the molecule is Nn1c(SCC(=O)NCc2ccc(OC(F)F)cc2)nnc1-c1ccc(Cl)cc1Cl. The molecule has 0 fully saturated rings. The molecule has 2 aromatic carbocycles. The lowest BCUT2D eigenvalue weighted by molar-refractivity contribution is -0.118. The smallest absolute Gasteiger partial charge is 0.387 e. The highest BCUT2D eigenvalue weighted by atomic mass is 35.5. The minimum absolute atomic E-state index is 0.0505. The van der Waals surface area contributed by atoms with Gasteiger partial charge in [-0.1, -0.05) is 47.1 Å². The molecule has 0 aliphatic heterocycles. The number of nitrogen functional groups attached to an aromatic ring is 1. The lowest BCUT2D eigenvalue weighted by atomic mass is 10.2. The summed E-state index contributed by atoms with van der Waals surface area (Å²) in [6, 6.07) is 10.9. The molecule has 0 bridgehead atoms. The Morgan fingerprint density at radius 1 is 1.20 bits per heavy atom. The molecular weight excluding hydrogens is 459 g/mol. The molecule has 30 heavy (non-hydrogen) atoms. The van der Waals surface area contributed by atoms with Crippen LogP contribution in [0.1, 0.15) is 5.56 Å². The molecular formula is C18H15Cl2F2N5O2S. The molecule has 0 saturated carbocycles. The van der Waals surface area contributed by atoms with E-state index in [1.807, 2.05) is 0 Å². The van der Waals surface area contributed by atoms with E-state index in [1.54, 1.807) is 30.3 Å². The summed E-state index contributed by atoms with van der Waals surface area (Å²) in [5.74, 6) is 6.20. The van der Waals surface area contributed by atoms with Crippen molar-refractivity contribution < 1.29 is 18.3 Å². The molecule has 0 aliphatic carbocycles. The maximum Gasteiger partial charge on any atom is 0.387 e. The van der Waals surface area contributed by atoms with Gasteiger partial charge in [0.25, 0.3) is 0 Å². The van der Waals surface area contributed by atoms with Crippen LogP contribution in [-0.2, 0) is 11.3 Å². The van der Waals surface area contributed by atoms with Crippen LogP contribution in [0.5, 0.6) is 5.75 Å². The molecule has 1 aromatic heterocycles. The van der Waals surface area contributed by atoms with Gasteiger partial charge in [-0.2, -0.15) is 8.78 Å². The van der Waals surface area contributed by atoms with Gasteiger partial charge in [0.05, 0.1) is 10.8 Å². The Kier molecular flexibility index (Phi) is 7.35. The van der Waals surface area contributed by atoms with E-state index in [0.29, 0.717) is 26.6 Å². The largest absolute Gasteiger partial charge is 0.435 e. The van der Waals surface area contributed by atoms with E-state index in [0.717, 1.165) is 17.3 Å². The maximum atomic E-state index is 12.1. The number of amides is 1. The molecule has 0 unspecified atom stereocenters. The minimum atomic E-state index is -2.88. The number of carbonyl (C=O) groups excluding carboxylic acids is 1. The second kappa shape index (κ2) is 9.96. The van der Waals surface area contributed by atoms with Crippen LogP contribution in [-0.4, -0.2) is 33.1 Å². The zero-order chi connectivity index (χ0) is 21.7. The lowest BCUT2D eigenvalue weighted by Crippen LogP contribution is -2.25. The number of nitrogens with zero attached hydrogens (tertiary/aromatic N) is 3. The molecule has 3 aromatic rings. The highest BCUT2D eigenvalue weighted by molar-refractivity contribution is 7.99. The van der Waals surface area contributed by atoms with Gasteiger partial charge in [-0.3, -0.25) is 4.79 Å². The molecule has 3 rings (SSSR count). The second-order valence-corrected chi connectivity index (χ2v) is 7.67. The van der Waals surface area contributed by atoms with Crippen molar-refractivity contribution in [2.45, 2.75) is 18.3 Å². The van der Waals surface area contributed by atoms with Crippen LogP contribution in [0.2, 0.25) is 10.0 Å². The number of hydrogen-bond acceptors (Lipinski definition) is 6. The summed E-state index contributed by atoms with van der Waals surface area (Å²) in [7, 11) is 0. The number of alkyl halides is 2. The van der Waals surface area contributed by atoms with Gasteiger partial charge in [0.2, 0.25) is 11.1 Å². The van der Waals surface area contributed by atoms with E-state index in [1.165, 1.54) is 16.8 Å². The number of halogens is 4. The first kappa shape index (κ1) is 22.1. The Bertz CT molecular complexity index is 1030. The van der Waals surface area contributed by atoms with Crippen LogP contribution >= 0.6 is 35.0 Å². The molecule has 1 amide bonds. The van der Waals surface area contributed by atoms with Crippen molar-refractivity contribution in [3.63, 3.8) is 0 Å². The maximum absolute atomic E-state index is 12.1. The van der Waals surface area contributed by atoms with Crippen LogP contribution in [0.15, 0.2) is 47.6 Å². The van der Waals surface area contributed by atoms with Crippen molar-refractivity contribution >= 4 is 40.9 Å². The highest BCUT2D eigenvalue weighted by Crippen LogP contribution is 2.30. The third kappa shape index (κ3) is 5.74.